The van der Waals surface area contributed by atoms with Crippen LogP contribution in [0.15, 0.2) is 24.3 Å². The fourth-order valence-electron chi connectivity index (χ4n) is 2.25. The lowest BCUT2D eigenvalue weighted by atomic mass is 10.0. The predicted octanol–water partition coefficient (Wildman–Crippen LogP) is 5.12. The van der Waals surface area contributed by atoms with Gasteiger partial charge in [0.2, 0.25) is 0 Å². The topological polar surface area (TPSA) is 52.6 Å². The summed E-state index contributed by atoms with van der Waals surface area (Å²) >= 11 is 0. The van der Waals surface area contributed by atoms with Gasteiger partial charge in [-0.1, -0.05) is 45.8 Å². The summed E-state index contributed by atoms with van der Waals surface area (Å²) in [7, 11) is 0. The Morgan fingerprint density at radius 2 is 1.38 bits per heavy atom. The minimum absolute atomic E-state index is 0.0120. The van der Waals surface area contributed by atoms with E-state index >= 15 is 0 Å². The first-order valence-corrected chi connectivity index (χ1v) is 9.07. The van der Waals surface area contributed by atoms with Crippen LogP contribution < -0.4 is 0 Å². The molecule has 0 bridgehead atoms. The van der Waals surface area contributed by atoms with E-state index in [1.165, 1.54) is 0 Å². The average Bonchev–Trinajstić information content (AvgIpc) is 2.53. The number of ether oxygens (including phenoxy) is 2. The first-order chi connectivity index (χ1) is 11.4. The van der Waals surface area contributed by atoms with Crippen LogP contribution in [0.3, 0.4) is 0 Å². The second kappa shape index (κ2) is 13.8. The van der Waals surface area contributed by atoms with Crippen LogP contribution in [0.25, 0.3) is 0 Å². The van der Waals surface area contributed by atoms with Crippen LogP contribution in [-0.2, 0) is 19.1 Å². The number of carbonyl (C=O) groups is 2. The maximum Gasteiger partial charge on any atom is 0.333 e. The first-order valence-electron chi connectivity index (χ1n) is 9.07. The molecule has 0 radical (unpaired) electrons. The smallest absolute Gasteiger partial charge is 0.333 e. The van der Waals surface area contributed by atoms with Crippen molar-refractivity contribution in [1.82, 2.24) is 0 Å². The molecule has 0 N–H and O–H groups in total. The molecule has 0 fully saturated rings. The molecule has 1 atom stereocenters. The van der Waals surface area contributed by atoms with Gasteiger partial charge in [-0.3, -0.25) is 0 Å². The molecule has 0 aliphatic rings. The highest BCUT2D eigenvalue weighted by Crippen LogP contribution is 2.16. The summed E-state index contributed by atoms with van der Waals surface area (Å²) < 4.78 is 10.6. The number of rotatable bonds is 14. The monoisotopic (exact) mass is 338 g/mol. The molecular formula is C20H34O4. The minimum atomic E-state index is -0.322. The Hall–Kier alpha value is -1.58. The Labute approximate surface area is 147 Å². The Kier molecular flexibility index (Phi) is 12.9. The van der Waals surface area contributed by atoms with Crippen LogP contribution in [-0.4, -0.2) is 24.6 Å². The van der Waals surface area contributed by atoms with Crippen molar-refractivity contribution >= 4 is 11.9 Å². The Morgan fingerprint density at radius 3 is 1.92 bits per heavy atom. The molecule has 0 amide bonds. The van der Waals surface area contributed by atoms with Gasteiger partial charge in [0.05, 0.1) is 6.61 Å². The molecule has 0 rings (SSSR count). The average molecular weight is 338 g/mol. The maximum absolute atomic E-state index is 11.7. The third-order valence-corrected chi connectivity index (χ3v) is 3.75. The molecule has 0 heterocycles. The van der Waals surface area contributed by atoms with E-state index < -0.39 is 0 Å². The molecule has 0 aliphatic heterocycles. The van der Waals surface area contributed by atoms with Crippen LogP contribution in [0.1, 0.15) is 78.6 Å². The SMILES string of the molecule is C=C(C)C(=O)OCCCCCCC(CCCCC)OC(=O)C(=C)C. The number of unbranched alkanes of at least 4 members (excludes halogenated alkanes) is 5. The van der Waals surface area contributed by atoms with E-state index in [9.17, 15) is 9.59 Å². The van der Waals surface area contributed by atoms with Crippen LogP contribution in [0, 0.1) is 0 Å². The lowest BCUT2D eigenvalue weighted by Gasteiger charge is -2.18. The van der Waals surface area contributed by atoms with Gasteiger partial charge in [0, 0.05) is 11.1 Å². The van der Waals surface area contributed by atoms with Crippen molar-refractivity contribution in [2.75, 3.05) is 6.61 Å². The van der Waals surface area contributed by atoms with E-state index in [2.05, 4.69) is 20.1 Å². The summed E-state index contributed by atoms with van der Waals surface area (Å²) in [5, 5.41) is 0. The molecule has 0 aromatic rings. The molecule has 0 aromatic carbocycles. The molecule has 0 saturated heterocycles. The van der Waals surface area contributed by atoms with Gasteiger partial charge >= 0.3 is 11.9 Å². The fraction of sp³-hybridized carbons (Fsp3) is 0.700. The summed E-state index contributed by atoms with van der Waals surface area (Å²) in [4.78, 5) is 22.9. The molecule has 0 spiro atoms. The minimum Gasteiger partial charge on any atom is -0.462 e. The van der Waals surface area contributed by atoms with E-state index in [0.717, 1.165) is 57.8 Å². The quantitative estimate of drug-likeness (QED) is 0.250. The molecule has 1 unspecified atom stereocenters. The summed E-state index contributed by atoms with van der Waals surface area (Å²) in [5.41, 5.74) is 0.888. The van der Waals surface area contributed by atoms with Crippen molar-refractivity contribution in [1.29, 1.82) is 0 Å². The fourth-order valence-corrected chi connectivity index (χ4v) is 2.25. The van der Waals surface area contributed by atoms with E-state index in [0.29, 0.717) is 17.8 Å². The van der Waals surface area contributed by atoms with Crippen LogP contribution in [0.5, 0.6) is 0 Å². The van der Waals surface area contributed by atoms with Gasteiger partial charge in [0.1, 0.15) is 6.10 Å². The highest BCUT2D eigenvalue weighted by molar-refractivity contribution is 5.87. The van der Waals surface area contributed by atoms with Gasteiger partial charge in [-0.05, 0) is 46.0 Å². The Morgan fingerprint density at radius 1 is 0.833 bits per heavy atom. The zero-order chi connectivity index (χ0) is 18.4. The van der Waals surface area contributed by atoms with Crippen LogP contribution in [0.2, 0.25) is 0 Å². The van der Waals surface area contributed by atoms with E-state index in [4.69, 9.17) is 9.47 Å². The van der Waals surface area contributed by atoms with Crippen molar-refractivity contribution in [3.05, 3.63) is 24.3 Å². The molecule has 4 nitrogen and oxygen atoms in total. The highest BCUT2D eigenvalue weighted by Gasteiger charge is 2.14. The van der Waals surface area contributed by atoms with E-state index in [1.807, 2.05) is 0 Å². The van der Waals surface area contributed by atoms with Crippen LogP contribution >= 0.6 is 0 Å². The molecule has 0 aromatic heterocycles. The first kappa shape index (κ1) is 22.4. The normalized spacial score (nSPS) is 11.6. The van der Waals surface area contributed by atoms with Gasteiger partial charge in [0.25, 0.3) is 0 Å². The summed E-state index contributed by atoms with van der Waals surface area (Å²) in [6.45, 7) is 13.1. The third-order valence-electron chi connectivity index (χ3n) is 3.75. The van der Waals surface area contributed by atoms with E-state index in [-0.39, 0.29) is 18.0 Å². The Bertz CT molecular complexity index is 412. The molecule has 0 aliphatic carbocycles. The maximum atomic E-state index is 11.7. The zero-order valence-corrected chi connectivity index (χ0v) is 15.7. The lowest BCUT2D eigenvalue weighted by molar-refractivity contribution is -0.145. The largest absolute Gasteiger partial charge is 0.462 e. The van der Waals surface area contributed by atoms with Gasteiger partial charge in [-0.2, -0.15) is 0 Å². The van der Waals surface area contributed by atoms with E-state index in [1.54, 1.807) is 13.8 Å². The molecule has 4 heteroatoms. The van der Waals surface area contributed by atoms with Gasteiger partial charge in [-0.15, -0.1) is 0 Å². The second-order valence-corrected chi connectivity index (χ2v) is 6.42. The zero-order valence-electron chi connectivity index (χ0n) is 15.7. The van der Waals surface area contributed by atoms with Crippen molar-refractivity contribution in [3.8, 4) is 0 Å². The van der Waals surface area contributed by atoms with Gasteiger partial charge in [0.15, 0.2) is 0 Å². The molecule has 24 heavy (non-hydrogen) atoms. The second-order valence-electron chi connectivity index (χ2n) is 6.42. The van der Waals surface area contributed by atoms with Crippen LogP contribution in [0.4, 0.5) is 0 Å². The number of hydrogen-bond donors (Lipinski definition) is 0. The highest BCUT2D eigenvalue weighted by atomic mass is 16.5. The number of esters is 2. The number of hydrogen-bond acceptors (Lipinski definition) is 4. The lowest BCUT2D eigenvalue weighted by Crippen LogP contribution is -2.18. The Balaban J connectivity index is 3.91. The van der Waals surface area contributed by atoms with Gasteiger partial charge < -0.3 is 9.47 Å². The third kappa shape index (κ3) is 11.9. The summed E-state index contributed by atoms with van der Waals surface area (Å²) in [5.74, 6) is -0.610. The van der Waals surface area contributed by atoms with Crippen molar-refractivity contribution in [3.63, 3.8) is 0 Å². The van der Waals surface area contributed by atoms with Crippen molar-refractivity contribution in [2.45, 2.75) is 84.7 Å². The van der Waals surface area contributed by atoms with Crippen molar-refractivity contribution < 1.29 is 19.1 Å². The summed E-state index contributed by atoms with van der Waals surface area (Å²) in [6, 6.07) is 0. The summed E-state index contributed by atoms with van der Waals surface area (Å²) in [6.07, 6.45) is 9.10. The molecular weight excluding hydrogens is 304 g/mol. The molecule has 138 valence electrons. The molecule has 0 saturated carbocycles. The predicted molar refractivity (Wildman–Crippen MR) is 97.7 cm³/mol. The van der Waals surface area contributed by atoms with Gasteiger partial charge in [-0.25, -0.2) is 9.59 Å². The standard InChI is InChI=1S/C20H34O4/c1-6-7-10-13-18(24-20(22)17(4)5)14-11-8-9-12-15-23-19(21)16(2)3/h18H,2,4,6-15H2,1,3,5H3. The van der Waals surface area contributed by atoms with Crippen molar-refractivity contribution in [2.24, 2.45) is 0 Å². The number of carbonyl (C=O) groups excluding carboxylic acids is 2.